The number of halogens is 1. The fourth-order valence-corrected chi connectivity index (χ4v) is 3.80. The van der Waals surface area contributed by atoms with Crippen LogP contribution in [0.1, 0.15) is 25.0 Å². The highest BCUT2D eigenvalue weighted by Crippen LogP contribution is 2.22. The van der Waals surface area contributed by atoms with Gasteiger partial charge in [-0.1, -0.05) is 6.42 Å². The number of hydrogen-bond acceptors (Lipinski definition) is 5. The zero-order valence-corrected chi connectivity index (χ0v) is 12.5. The van der Waals surface area contributed by atoms with E-state index in [0.29, 0.717) is 18.8 Å². The van der Waals surface area contributed by atoms with Crippen molar-refractivity contribution >= 4 is 22.4 Å². The quantitative estimate of drug-likeness (QED) is 0.831. The van der Waals surface area contributed by atoms with Gasteiger partial charge in [0, 0.05) is 31.0 Å². The van der Waals surface area contributed by atoms with Crippen LogP contribution in [0.25, 0.3) is 0 Å². The second-order valence-electron chi connectivity index (χ2n) is 4.48. The standard InChI is InChI=1S/C11H18N4O2S.ClH/c1-9-5-6-13-11(14-9)18(16,17)15-7-3-2-4-10(15)8-12;/h5-6,10H,2-4,7-8,12H2,1H3;1H. The summed E-state index contributed by atoms with van der Waals surface area (Å²) >= 11 is 0. The van der Waals surface area contributed by atoms with E-state index < -0.39 is 10.0 Å². The Morgan fingerprint density at radius 1 is 1.47 bits per heavy atom. The third kappa shape index (κ3) is 3.42. The van der Waals surface area contributed by atoms with E-state index in [1.54, 1.807) is 13.0 Å². The van der Waals surface area contributed by atoms with Gasteiger partial charge in [-0.3, -0.25) is 0 Å². The minimum atomic E-state index is -3.61. The predicted octanol–water partition coefficient (Wildman–Crippen LogP) is 0.709. The predicted molar refractivity (Wildman–Crippen MR) is 74.6 cm³/mol. The van der Waals surface area contributed by atoms with E-state index >= 15 is 0 Å². The molecular formula is C11H19ClN4O2S. The smallest absolute Gasteiger partial charge is 0.279 e. The zero-order chi connectivity index (χ0) is 13.2. The van der Waals surface area contributed by atoms with Crippen molar-refractivity contribution in [3.8, 4) is 0 Å². The molecule has 0 radical (unpaired) electrons. The van der Waals surface area contributed by atoms with E-state index in [0.717, 1.165) is 19.3 Å². The maximum absolute atomic E-state index is 12.5. The highest BCUT2D eigenvalue weighted by atomic mass is 35.5. The van der Waals surface area contributed by atoms with Crippen LogP contribution in [0, 0.1) is 6.92 Å². The third-order valence-electron chi connectivity index (χ3n) is 3.16. The normalized spacial score (nSPS) is 20.8. The summed E-state index contributed by atoms with van der Waals surface area (Å²) in [6.07, 6.45) is 4.16. The Morgan fingerprint density at radius 2 is 2.21 bits per heavy atom. The lowest BCUT2D eigenvalue weighted by atomic mass is 10.1. The largest absolute Gasteiger partial charge is 0.329 e. The Labute approximate surface area is 119 Å². The van der Waals surface area contributed by atoms with Gasteiger partial charge in [0.15, 0.2) is 0 Å². The lowest BCUT2D eigenvalue weighted by molar-refractivity contribution is 0.256. The molecule has 0 aliphatic carbocycles. The van der Waals surface area contributed by atoms with Gasteiger partial charge in [0.1, 0.15) is 0 Å². The molecule has 6 nitrogen and oxygen atoms in total. The van der Waals surface area contributed by atoms with Crippen molar-refractivity contribution in [3.05, 3.63) is 18.0 Å². The summed E-state index contributed by atoms with van der Waals surface area (Å²) in [5.41, 5.74) is 6.29. The average Bonchev–Trinajstić information content (AvgIpc) is 2.38. The summed E-state index contributed by atoms with van der Waals surface area (Å²) in [6, 6.07) is 1.54. The van der Waals surface area contributed by atoms with Crippen LogP contribution < -0.4 is 5.73 Å². The van der Waals surface area contributed by atoms with Crippen LogP contribution in [0.4, 0.5) is 0 Å². The van der Waals surface area contributed by atoms with Crippen LogP contribution in [-0.4, -0.2) is 41.8 Å². The molecule has 0 saturated carbocycles. The molecule has 0 aromatic carbocycles. The second-order valence-corrected chi connectivity index (χ2v) is 6.27. The summed E-state index contributed by atoms with van der Waals surface area (Å²) in [4.78, 5) is 7.88. The van der Waals surface area contributed by atoms with Crippen molar-refractivity contribution in [2.75, 3.05) is 13.1 Å². The van der Waals surface area contributed by atoms with Gasteiger partial charge in [0.2, 0.25) is 0 Å². The van der Waals surface area contributed by atoms with Crippen molar-refractivity contribution < 1.29 is 8.42 Å². The Bertz CT molecular complexity index is 523. The molecular weight excluding hydrogens is 288 g/mol. The molecule has 1 saturated heterocycles. The van der Waals surface area contributed by atoms with E-state index in [9.17, 15) is 8.42 Å². The molecule has 108 valence electrons. The SMILES string of the molecule is Cc1ccnc(S(=O)(=O)N2CCCCC2CN)n1.Cl. The van der Waals surface area contributed by atoms with Gasteiger partial charge in [0.05, 0.1) is 0 Å². The van der Waals surface area contributed by atoms with Gasteiger partial charge in [0.25, 0.3) is 15.2 Å². The molecule has 0 spiro atoms. The summed E-state index contributed by atoms with van der Waals surface area (Å²) < 4.78 is 26.4. The van der Waals surface area contributed by atoms with Crippen molar-refractivity contribution in [2.24, 2.45) is 5.73 Å². The Kier molecular flexibility index (Phi) is 5.66. The third-order valence-corrected chi connectivity index (χ3v) is 4.91. The number of aryl methyl sites for hydroxylation is 1. The molecule has 1 aromatic rings. The molecule has 1 atom stereocenters. The topological polar surface area (TPSA) is 89.2 Å². The van der Waals surface area contributed by atoms with Gasteiger partial charge in [-0.15, -0.1) is 12.4 Å². The fraction of sp³-hybridized carbons (Fsp3) is 0.636. The van der Waals surface area contributed by atoms with Gasteiger partial charge in [-0.25, -0.2) is 18.4 Å². The van der Waals surface area contributed by atoms with Crippen LogP contribution in [0.15, 0.2) is 17.4 Å². The molecule has 0 amide bonds. The number of piperidine rings is 1. The van der Waals surface area contributed by atoms with Crippen LogP contribution in [0.5, 0.6) is 0 Å². The monoisotopic (exact) mass is 306 g/mol. The average molecular weight is 307 g/mol. The second kappa shape index (κ2) is 6.60. The van der Waals surface area contributed by atoms with Crippen LogP contribution in [0.3, 0.4) is 0 Å². The minimum Gasteiger partial charge on any atom is -0.329 e. The van der Waals surface area contributed by atoms with Gasteiger partial charge in [-0.2, -0.15) is 4.31 Å². The number of sulfonamides is 1. The Hall–Kier alpha value is -0.760. The lowest BCUT2D eigenvalue weighted by Gasteiger charge is -2.33. The molecule has 19 heavy (non-hydrogen) atoms. The van der Waals surface area contributed by atoms with E-state index in [1.807, 2.05) is 0 Å². The minimum absolute atomic E-state index is 0. The molecule has 0 bridgehead atoms. The Balaban J connectivity index is 0.00000180. The first kappa shape index (κ1) is 16.3. The van der Waals surface area contributed by atoms with E-state index in [4.69, 9.17) is 5.73 Å². The number of nitrogens with zero attached hydrogens (tertiary/aromatic N) is 3. The van der Waals surface area contributed by atoms with Crippen molar-refractivity contribution in [1.29, 1.82) is 0 Å². The van der Waals surface area contributed by atoms with Crippen molar-refractivity contribution in [3.63, 3.8) is 0 Å². The van der Waals surface area contributed by atoms with Gasteiger partial charge >= 0.3 is 0 Å². The summed E-state index contributed by atoms with van der Waals surface area (Å²) in [7, 11) is -3.61. The molecule has 1 fully saturated rings. The molecule has 8 heteroatoms. The number of nitrogens with two attached hydrogens (primary N) is 1. The van der Waals surface area contributed by atoms with E-state index in [2.05, 4.69) is 9.97 Å². The molecule has 2 rings (SSSR count). The van der Waals surface area contributed by atoms with Crippen molar-refractivity contribution in [2.45, 2.75) is 37.4 Å². The summed E-state index contributed by atoms with van der Waals surface area (Å²) in [5.74, 6) is 0. The fourth-order valence-electron chi connectivity index (χ4n) is 2.18. The molecule has 1 aliphatic rings. The highest BCUT2D eigenvalue weighted by molar-refractivity contribution is 7.89. The van der Waals surface area contributed by atoms with Gasteiger partial charge in [-0.05, 0) is 25.8 Å². The first-order valence-corrected chi connectivity index (χ1v) is 7.51. The molecule has 2 heterocycles. The first-order chi connectivity index (χ1) is 8.55. The van der Waals surface area contributed by atoms with Crippen LogP contribution >= 0.6 is 12.4 Å². The number of aromatic nitrogens is 2. The maximum atomic E-state index is 12.5. The Morgan fingerprint density at radius 3 is 2.84 bits per heavy atom. The van der Waals surface area contributed by atoms with E-state index in [-0.39, 0.29) is 23.6 Å². The first-order valence-electron chi connectivity index (χ1n) is 6.07. The molecule has 2 N–H and O–H groups in total. The molecule has 1 unspecified atom stereocenters. The van der Waals surface area contributed by atoms with Crippen LogP contribution in [0.2, 0.25) is 0 Å². The van der Waals surface area contributed by atoms with Crippen LogP contribution in [-0.2, 0) is 10.0 Å². The summed E-state index contributed by atoms with van der Waals surface area (Å²) in [6.45, 7) is 2.59. The molecule has 1 aromatic heterocycles. The summed E-state index contributed by atoms with van der Waals surface area (Å²) in [5, 5.41) is -0.122. The van der Waals surface area contributed by atoms with Gasteiger partial charge < -0.3 is 5.73 Å². The highest BCUT2D eigenvalue weighted by Gasteiger charge is 2.34. The maximum Gasteiger partial charge on any atom is 0.279 e. The van der Waals surface area contributed by atoms with Crippen molar-refractivity contribution in [1.82, 2.24) is 14.3 Å². The molecule has 1 aliphatic heterocycles. The van der Waals surface area contributed by atoms with E-state index in [1.165, 1.54) is 10.5 Å². The number of rotatable bonds is 3. The zero-order valence-electron chi connectivity index (χ0n) is 10.8. The lowest BCUT2D eigenvalue weighted by Crippen LogP contribution is -2.47. The number of hydrogen-bond donors (Lipinski definition) is 1.